The number of benzene rings is 2. The van der Waals surface area contributed by atoms with Crippen molar-refractivity contribution in [3.05, 3.63) is 65.9 Å². The molecule has 144 valence electrons. The van der Waals surface area contributed by atoms with Crippen LogP contribution in [0.3, 0.4) is 0 Å². The van der Waals surface area contributed by atoms with Gasteiger partial charge in [-0.2, -0.15) is 0 Å². The van der Waals surface area contributed by atoms with E-state index in [-0.39, 0.29) is 11.6 Å². The number of hydrogen-bond donors (Lipinski definition) is 2. The third-order valence-corrected chi connectivity index (χ3v) is 4.19. The summed E-state index contributed by atoms with van der Waals surface area (Å²) in [5.74, 6) is 1.31. The summed E-state index contributed by atoms with van der Waals surface area (Å²) in [6.07, 6.45) is 0.989. The molecule has 0 aliphatic rings. The van der Waals surface area contributed by atoms with E-state index in [0.717, 1.165) is 12.1 Å². The van der Waals surface area contributed by atoms with Gasteiger partial charge in [0.05, 0.1) is 19.9 Å². The van der Waals surface area contributed by atoms with E-state index in [4.69, 9.17) is 9.47 Å². The first-order valence-electron chi connectivity index (χ1n) is 8.86. The minimum atomic E-state index is -0.380. The quantitative estimate of drug-likeness (QED) is 0.645. The molecule has 0 unspecified atom stereocenters. The van der Waals surface area contributed by atoms with Gasteiger partial charge in [-0.1, -0.05) is 19.1 Å². The average Bonchev–Trinajstić information content (AvgIpc) is 2.75. The Morgan fingerprint density at radius 1 is 0.964 bits per heavy atom. The zero-order valence-corrected chi connectivity index (χ0v) is 16.0. The van der Waals surface area contributed by atoms with Crippen LogP contribution in [0.1, 0.15) is 23.0 Å². The number of aromatic nitrogens is 2. The van der Waals surface area contributed by atoms with Crippen molar-refractivity contribution in [3.8, 4) is 11.5 Å². The average molecular weight is 378 g/mol. The molecular formula is C21H22N4O3. The van der Waals surface area contributed by atoms with Crippen LogP contribution in [0, 0.1) is 0 Å². The highest BCUT2D eigenvalue weighted by atomic mass is 16.5. The predicted octanol–water partition coefficient (Wildman–Crippen LogP) is 4.05. The van der Waals surface area contributed by atoms with Gasteiger partial charge < -0.3 is 20.1 Å². The summed E-state index contributed by atoms with van der Waals surface area (Å²) in [5, 5.41) is 14.0. The maximum Gasteiger partial charge on any atom is 0.276 e. The lowest BCUT2D eigenvalue weighted by molar-refractivity contribution is 0.102. The van der Waals surface area contributed by atoms with Gasteiger partial charge in [0.2, 0.25) is 0 Å². The van der Waals surface area contributed by atoms with Crippen LogP contribution in [0.25, 0.3) is 0 Å². The van der Waals surface area contributed by atoms with Crippen molar-refractivity contribution in [1.82, 2.24) is 10.2 Å². The van der Waals surface area contributed by atoms with E-state index in [0.29, 0.717) is 23.0 Å². The first-order valence-corrected chi connectivity index (χ1v) is 8.86. The first kappa shape index (κ1) is 19.2. The fourth-order valence-electron chi connectivity index (χ4n) is 2.58. The van der Waals surface area contributed by atoms with Crippen LogP contribution in [-0.2, 0) is 6.42 Å². The molecule has 0 aliphatic carbocycles. The summed E-state index contributed by atoms with van der Waals surface area (Å²) in [4.78, 5) is 12.5. The lowest BCUT2D eigenvalue weighted by Gasteiger charge is -2.11. The minimum absolute atomic E-state index is 0.199. The number of aryl methyl sites for hydroxylation is 1. The molecule has 28 heavy (non-hydrogen) atoms. The highest BCUT2D eigenvalue weighted by molar-refractivity contribution is 6.03. The lowest BCUT2D eigenvalue weighted by atomic mass is 10.1. The number of nitrogens with zero attached hydrogens (tertiary/aromatic N) is 2. The van der Waals surface area contributed by atoms with Crippen LogP contribution in [0.2, 0.25) is 0 Å². The highest BCUT2D eigenvalue weighted by Gasteiger charge is 2.12. The summed E-state index contributed by atoms with van der Waals surface area (Å²) in [6.45, 7) is 2.11. The van der Waals surface area contributed by atoms with Gasteiger partial charge in [0.25, 0.3) is 5.91 Å². The molecule has 0 bridgehead atoms. The van der Waals surface area contributed by atoms with Crippen LogP contribution in [-0.4, -0.2) is 30.3 Å². The van der Waals surface area contributed by atoms with E-state index in [1.165, 1.54) is 12.7 Å². The first-order chi connectivity index (χ1) is 13.6. The van der Waals surface area contributed by atoms with Crippen molar-refractivity contribution in [2.24, 2.45) is 0 Å². The molecule has 2 aromatic carbocycles. The summed E-state index contributed by atoms with van der Waals surface area (Å²) in [6, 6.07) is 16.5. The molecule has 0 saturated carbocycles. The Balaban J connectivity index is 1.68. The van der Waals surface area contributed by atoms with Gasteiger partial charge in [-0.15, -0.1) is 10.2 Å². The Morgan fingerprint density at radius 2 is 1.75 bits per heavy atom. The Labute approximate surface area is 163 Å². The number of amides is 1. The normalized spacial score (nSPS) is 10.2. The summed E-state index contributed by atoms with van der Waals surface area (Å²) >= 11 is 0. The fourth-order valence-corrected chi connectivity index (χ4v) is 2.58. The Hall–Kier alpha value is -3.61. The molecule has 1 aromatic heterocycles. The van der Waals surface area contributed by atoms with Gasteiger partial charge in [0.1, 0.15) is 11.5 Å². The van der Waals surface area contributed by atoms with Gasteiger partial charge >= 0.3 is 0 Å². The Bertz CT molecular complexity index is 941. The molecule has 0 aliphatic heterocycles. The van der Waals surface area contributed by atoms with Crippen molar-refractivity contribution in [2.45, 2.75) is 13.3 Å². The van der Waals surface area contributed by atoms with Crippen LogP contribution in [0.4, 0.5) is 17.2 Å². The Morgan fingerprint density at radius 3 is 2.36 bits per heavy atom. The molecule has 3 rings (SSSR count). The molecule has 7 heteroatoms. The van der Waals surface area contributed by atoms with Crippen molar-refractivity contribution < 1.29 is 14.3 Å². The van der Waals surface area contributed by atoms with Crippen molar-refractivity contribution >= 4 is 23.1 Å². The second-order valence-corrected chi connectivity index (χ2v) is 6.00. The van der Waals surface area contributed by atoms with Gasteiger partial charge in [0, 0.05) is 11.8 Å². The summed E-state index contributed by atoms with van der Waals surface area (Å²) in [5.41, 5.74) is 2.89. The molecule has 1 amide bonds. The SMILES string of the molecule is CCc1ccc(Nc2ccc(C(=O)Nc3ccc(OC)cc3OC)nn2)cc1. The maximum atomic E-state index is 12.5. The van der Waals surface area contributed by atoms with E-state index in [9.17, 15) is 4.79 Å². The zero-order valence-electron chi connectivity index (χ0n) is 16.0. The molecule has 0 fully saturated rings. The van der Waals surface area contributed by atoms with E-state index >= 15 is 0 Å². The van der Waals surface area contributed by atoms with Crippen molar-refractivity contribution in [2.75, 3.05) is 24.9 Å². The molecular weight excluding hydrogens is 356 g/mol. The largest absolute Gasteiger partial charge is 0.497 e. The van der Waals surface area contributed by atoms with Gasteiger partial charge in [0.15, 0.2) is 11.5 Å². The molecule has 0 spiro atoms. The zero-order chi connectivity index (χ0) is 19.9. The third kappa shape index (κ3) is 4.56. The molecule has 1 heterocycles. The standard InChI is InChI=1S/C21H22N4O3/c1-4-14-5-7-15(8-6-14)22-20-12-11-18(24-25-20)21(26)23-17-10-9-16(27-2)13-19(17)28-3/h5-13H,4H2,1-3H3,(H,22,25)(H,23,26). The third-order valence-electron chi connectivity index (χ3n) is 4.19. The van der Waals surface area contributed by atoms with Gasteiger partial charge in [-0.25, -0.2) is 0 Å². The van der Waals surface area contributed by atoms with Gasteiger partial charge in [-0.3, -0.25) is 4.79 Å². The van der Waals surface area contributed by atoms with E-state index in [1.54, 1.807) is 37.4 Å². The number of anilines is 3. The van der Waals surface area contributed by atoms with Crippen molar-refractivity contribution in [3.63, 3.8) is 0 Å². The number of hydrogen-bond acceptors (Lipinski definition) is 6. The fraction of sp³-hybridized carbons (Fsp3) is 0.190. The molecule has 0 atom stereocenters. The summed E-state index contributed by atoms with van der Waals surface area (Å²) < 4.78 is 10.4. The molecule has 2 N–H and O–H groups in total. The van der Waals surface area contributed by atoms with Crippen LogP contribution in [0.15, 0.2) is 54.6 Å². The second kappa shape index (κ2) is 8.85. The number of carbonyl (C=O) groups is 1. The van der Waals surface area contributed by atoms with Crippen LogP contribution in [0.5, 0.6) is 11.5 Å². The highest BCUT2D eigenvalue weighted by Crippen LogP contribution is 2.29. The minimum Gasteiger partial charge on any atom is -0.497 e. The van der Waals surface area contributed by atoms with E-state index < -0.39 is 0 Å². The topological polar surface area (TPSA) is 85.4 Å². The molecule has 0 saturated heterocycles. The lowest BCUT2D eigenvalue weighted by Crippen LogP contribution is -2.15. The second-order valence-electron chi connectivity index (χ2n) is 6.00. The molecule has 7 nitrogen and oxygen atoms in total. The van der Waals surface area contributed by atoms with E-state index in [2.05, 4.69) is 39.9 Å². The molecule has 0 radical (unpaired) electrons. The van der Waals surface area contributed by atoms with Crippen molar-refractivity contribution in [1.29, 1.82) is 0 Å². The molecule has 3 aromatic rings. The number of rotatable bonds is 7. The van der Waals surface area contributed by atoms with E-state index in [1.807, 2.05) is 12.1 Å². The van der Waals surface area contributed by atoms with Crippen LogP contribution < -0.4 is 20.1 Å². The Kier molecular flexibility index (Phi) is 6.06. The summed E-state index contributed by atoms with van der Waals surface area (Å²) in [7, 11) is 3.09. The smallest absolute Gasteiger partial charge is 0.276 e. The maximum absolute atomic E-state index is 12.5. The van der Waals surface area contributed by atoms with Gasteiger partial charge in [-0.05, 0) is 48.4 Å². The van der Waals surface area contributed by atoms with Crippen LogP contribution >= 0.6 is 0 Å². The number of methoxy groups -OCH3 is 2. The number of ether oxygens (including phenoxy) is 2. The number of carbonyl (C=O) groups excluding carboxylic acids is 1. The monoisotopic (exact) mass is 378 g/mol. The number of nitrogens with one attached hydrogen (secondary N) is 2. The predicted molar refractivity (Wildman–Crippen MR) is 109 cm³/mol.